The maximum Gasteiger partial charge on any atom is 0.300 e. The fraction of sp³-hybridized carbons (Fsp3) is 0.0769. The number of rotatable bonds is 6. The van der Waals surface area contributed by atoms with Crippen molar-refractivity contribution in [1.82, 2.24) is 15.3 Å². The lowest BCUT2D eigenvalue weighted by Crippen LogP contribution is -2.43. The van der Waals surface area contributed by atoms with Gasteiger partial charge in [-0.05, 0) is 41.0 Å². The van der Waals surface area contributed by atoms with E-state index >= 15 is 0 Å². The van der Waals surface area contributed by atoms with E-state index in [0.29, 0.717) is 16.3 Å². The van der Waals surface area contributed by atoms with Crippen LogP contribution < -0.4 is 10.2 Å². The van der Waals surface area contributed by atoms with Gasteiger partial charge in [0, 0.05) is 11.6 Å². The van der Waals surface area contributed by atoms with Gasteiger partial charge in [-0.15, -0.1) is 0 Å². The minimum Gasteiger partial charge on any atom is -0.350 e. The van der Waals surface area contributed by atoms with E-state index in [0.717, 1.165) is 16.8 Å². The molecule has 1 aliphatic rings. The fourth-order valence-corrected chi connectivity index (χ4v) is 4.29. The second kappa shape index (κ2) is 8.96. The molecule has 7 nitrogen and oxygen atoms in total. The molecule has 0 saturated carbocycles. The van der Waals surface area contributed by atoms with E-state index < -0.39 is 23.6 Å². The second-order valence-electron chi connectivity index (χ2n) is 7.86. The Morgan fingerprint density at radius 1 is 1.03 bits per heavy atom. The Hall–Kier alpha value is -4.23. The molecular formula is C26H19ClN4O3. The summed E-state index contributed by atoms with van der Waals surface area (Å²) in [5.41, 5.74) is 3.80. The van der Waals surface area contributed by atoms with Crippen molar-refractivity contribution < 1.29 is 14.4 Å². The number of halogens is 1. The van der Waals surface area contributed by atoms with Crippen LogP contribution in [0.5, 0.6) is 0 Å². The van der Waals surface area contributed by atoms with Gasteiger partial charge in [0.25, 0.3) is 11.7 Å². The topological polar surface area (TPSA) is 95.2 Å². The minimum absolute atomic E-state index is 0.222. The molecule has 4 aromatic rings. The van der Waals surface area contributed by atoms with Crippen molar-refractivity contribution in [3.8, 4) is 11.3 Å². The van der Waals surface area contributed by atoms with Gasteiger partial charge in [-0.1, -0.05) is 60.1 Å². The molecule has 0 bridgehead atoms. The number of benzene rings is 3. The number of aromatic nitrogens is 2. The molecule has 0 aliphatic carbocycles. The maximum absolute atomic E-state index is 13.5. The van der Waals surface area contributed by atoms with Crippen LogP contribution in [0.25, 0.3) is 11.3 Å². The highest BCUT2D eigenvalue weighted by molar-refractivity contribution is 6.52. The van der Waals surface area contributed by atoms with Gasteiger partial charge in [0.2, 0.25) is 5.91 Å². The highest BCUT2D eigenvalue weighted by atomic mass is 35.5. The van der Waals surface area contributed by atoms with Crippen LogP contribution >= 0.6 is 11.6 Å². The predicted octanol–water partition coefficient (Wildman–Crippen LogP) is 4.32. The first-order chi connectivity index (χ1) is 16.5. The third kappa shape index (κ3) is 3.97. The van der Waals surface area contributed by atoms with Crippen molar-refractivity contribution in [3.05, 3.63) is 107 Å². The molecule has 1 aromatic heterocycles. The number of aromatic amines is 1. The van der Waals surface area contributed by atoms with Crippen molar-refractivity contribution in [3.63, 3.8) is 0 Å². The summed E-state index contributed by atoms with van der Waals surface area (Å²) in [4.78, 5) is 47.5. The molecule has 2 N–H and O–H groups in total. The van der Waals surface area contributed by atoms with E-state index in [-0.39, 0.29) is 12.1 Å². The van der Waals surface area contributed by atoms with E-state index in [9.17, 15) is 14.4 Å². The number of amides is 2. The summed E-state index contributed by atoms with van der Waals surface area (Å²) in [6.07, 6.45) is 3.28. The van der Waals surface area contributed by atoms with Crippen LogP contribution in [0.4, 0.5) is 5.69 Å². The molecule has 8 heteroatoms. The number of imidazole rings is 1. The van der Waals surface area contributed by atoms with Crippen LogP contribution in [0, 0.1) is 0 Å². The first-order valence-corrected chi connectivity index (χ1v) is 11.0. The highest BCUT2D eigenvalue weighted by Crippen LogP contribution is 2.36. The lowest BCUT2D eigenvalue weighted by atomic mass is 10.0. The summed E-state index contributed by atoms with van der Waals surface area (Å²) < 4.78 is 0. The summed E-state index contributed by atoms with van der Waals surface area (Å²) >= 11 is 6.06. The predicted molar refractivity (Wildman–Crippen MR) is 128 cm³/mol. The van der Waals surface area contributed by atoms with Crippen LogP contribution in [-0.2, 0) is 16.1 Å². The minimum atomic E-state index is -1.03. The van der Waals surface area contributed by atoms with Gasteiger partial charge in [0.1, 0.15) is 6.04 Å². The first kappa shape index (κ1) is 21.6. The monoisotopic (exact) mass is 470 g/mol. The number of nitrogens with zero attached hydrogens (tertiary/aromatic N) is 2. The molecule has 2 amide bonds. The highest BCUT2D eigenvalue weighted by Gasteiger charge is 2.43. The van der Waals surface area contributed by atoms with Gasteiger partial charge in [-0.3, -0.25) is 19.3 Å². The molecule has 0 saturated heterocycles. The van der Waals surface area contributed by atoms with Crippen LogP contribution in [0.1, 0.15) is 27.5 Å². The van der Waals surface area contributed by atoms with Gasteiger partial charge in [-0.2, -0.15) is 0 Å². The Bertz CT molecular complexity index is 1380. The van der Waals surface area contributed by atoms with Crippen LogP contribution in [0.3, 0.4) is 0 Å². The summed E-state index contributed by atoms with van der Waals surface area (Å²) in [5.74, 6) is -1.77. The smallest absolute Gasteiger partial charge is 0.300 e. The summed E-state index contributed by atoms with van der Waals surface area (Å²) in [7, 11) is 0. The van der Waals surface area contributed by atoms with E-state index in [4.69, 9.17) is 11.6 Å². The van der Waals surface area contributed by atoms with E-state index in [1.807, 2.05) is 18.2 Å². The Balaban J connectivity index is 1.51. The average Bonchev–Trinajstić information content (AvgIpc) is 3.48. The molecule has 168 valence electrons. The van der Waals surface area contributed by atoms with Crippen LogP contribution in [0.2, 0.25) is 5.02 Å². The number of fused-ring (bicyclic) bond motifs is 1. The van der Waals surface area contributed by atoms with Gasteiger partial charge in [0.05, 0.1) is 29.5 Å². The third-order valence-electron chi connectivity index (χ3n) is 5.72. The molecule has 2 heterocycles. The Labute approximate surface area is 200 Å². The number of nitrogens with one attached hydrogen (secondary N) is 2. The average molecular weight is 471 g/mol. The number of para-hydroxylation sites is 1. The quantitative estimate of drug-likeness (QED) is 0.410. The molecule has 0 spiro atoms. The van der Waals surface area contributed by atoms with E-state index in [1.54, 1.807) is 67.1 Å². The summed E-state index contributed by atoms with van der Waals surface area (Å²) in [5, 5.41) is 3.45. The number of Topliss-reactive ketones (excluding diaryl/α,β-unsaturated/α-hetero) is 1. The van der Waals surface area contributed by atoms with Gasteiger partial charge in [0.15, 0.2) is 0 Å². The molecule has 1 aliphatic heterocycles. The molecule has 1 atom stereocenters. The van der Waals surface area contributed by atoms with Crippen LogP contribution in [-0.4, -0.2) is 27.6 Å². The number of H-pyrrole nitrogens is 1. The van der Waals surface area contributed by atoms with Gasteiger partial charge in [-0.25, -0.2) is 4.98 Å². The number of carbonyl (C=O) groups is 3. The van der Waals surface area contributed by atoms with Crippen molar-refractivity contribution >= 4 is 34.9 Å². The molecule has 0 radical (unpaired) electrons. The molecule has 0 fully saturated rings. The number of hydrogen-bond acceptors (Lipinski definition) is 4. The number of hydrogen-bond donors (Lipinski definition) is 2. The summed E-state index contributed by atoms with van der Waals surface area (Å²) in [6, 6.07) is 20.1. The Morgan fingerprint density at radius 3 is 2.56 bits per heavy atom. The number of ketones is 1. The summed E-state index contributed by atoms with van der Waals surface area (Å²) in [6.45, 7) is 0.222. The molecule has 3 aromatic carbocycles. The first-order valence-electron chi connectivity index (χ1n) is 10.6. The van der Waals surface area contributed by atoms with Crippen LogP contribution in [0.15, 0.2) is 85.3 Å². The molecule has 1 unspecified atom stereocenters. The van der Waals surface area contributed by atoms with Gasteiger partial charge >= 0.3 is 0 Å². The largest absolute Gasteiger partial charge is 0.350 e. The SMILES string of the molecule is O=C1C(=O)N(C(C(=O)NCc2cccc(Cl)c2)c2ccc(-c3cnc[nH]3)cc2)c2ccccc21. The van der Waals surface area contributed by atoms with E-state index in [2.05, 4.69) is 15.3 Å². The Kier molecular flexibility index (Phi) is 5.69. The van der Waals surface area contributed by atoms with Gasteiger partial charge < -0.3 is 10.3 Å². The maximum atomic E-state index is 13.5. The van der Waals surface area contributed by atoms with Crippen molar-refractivity contribution in [2.75, 3.05) is 4.90 Å². The fourth-order valence-electron chi connectivity index (χ4n) is 4.08. The standard InChI is InChI=1S/C26H19ClN4O3/c27-19-5-3-4-16(12-19)13-29-25(33)23(18-10-8-17(9-11-18)21-14-28-15-30-21)31-22-7-2-1-6-20(22)24(32)26(31)34/h1-12,14-15,23H,13H2,(H,28,30)(H,29,33). The van der Waals surface area contributed by atoms with Crippen molar-refractivity contribution in [1.29, 1.82) is 0 Å². The normalized spacial score (nSPS) is 13.6. The Morgan fingerprint density at radius 2 is 1.82 bits per heavy atom. The second-order valence-corrected chi connectivity index (χ2v) is 8.30. The third-order valence-corrected chi connectivity index (χ3v) is 5.95. The number of carbonyl (C=O) groups excluding carboxylic acids is 3. The molecular weight excluding hydrogens is 452 g/mol. The lowest BCUT2D eigenvalue weighted by Gasteiger charge is -2.27. The zero-order valence-electron chi connectivity index (χ0n) is 17.9. The van der Waals surface area contributed by atoms with Crippen molar-refractivity contribution in [2.24, 2.45) is 0 Å². The number of anilines is 1. The van der Waals surface area contributed by atoms with Crippen molar-refractivity contribution in [2.45, 2.75) is 12.6 Å². The molecule has 5 rings (SSSR count). The zero-order valence-corrected chi connectivity index (χ0v) is 18.6. The lowest BCUT2D eigenvalue weighted by molar-refractivity contribution is -0.125. The molecule has 34 heavy (non-hydrogen) atoms. The zero-order chi connectivity index (χ0) is 23.7. The van der Waals surface area contributed by atoms with E-state index in [1.165, 1.54) is 4.90 Å².